The maximum Gasteiger partial charge on any atom is 0.170 e. The SMILES string of the molecule is COc1ccc(C(C)C(=O)c2ccnc(Cl)c2)c(Cl)c1. The van der Waals surface area contributed by atoms with Crippen molar-refractivity contribution in [2.24, 2.45) is 0 Å². The fourth-order valence-corrected chi connectivity index (χ4v) is 2.44. The number of ketones is 1. The predicted octanol–water partition coefficient (Wildman–Crippen LogP) is 4.38. The van der Waals surface area contributed by atoms with Crippen molar-refractivity contribution in [3.05, 3.63) is 57.8 Å². The van der Waals surface area contributed by atoms with E-state index in [9.17, 15) is 4.79 Å². The van der Waals surface area contributed by atoms with Crippen LogP contribution in [0.2, 0.25) is 10.2 Å². The van der Waals surface area contributed by atoms with Crippen molar-refractivity contribution in [2.75, 3.05) is 7.11 Å². The molecular formula is C15H13Cl2NO2. The van der Waals surface area contributed by atoms with Crippen LogP contribution in [0.3, 0.4) is 0 Å². The number of carbonyl (C=O) groups excluding carboxylic acids is 1. The van der Waals surface area contributed by atoms with Crippen LogP contribution < -0.4 is 4.74 Å². The molecule has 0 bridgehead atoms. The van der Waals surface area contributed by atoms with Crippen molar-refractivity contribution < 1.29 is 9.53 Å². The quantitative estimate of drug-likeness (QED) is 0.621. The van der Waals surface area contributed by atoms with Gasteiger partial charge in [0.1, 0.15) is 10.9 Å². The van der Waals surface area contributed by atoms with Gasteiger partial charge in [-0.25, -0.2) is 4.98 Å². The standard InChI is InChI=1S/C15H13Cl2NO2/c1-9(12-4-3-11(20-2)8-13(12)16)15(19)10-5-6-18-14(17)7-10/h3-9H,1-2H3. The number of nitrogens with zero attached hydrogens (tertiary/aromatic N) is 1. The Morgan fingerprint density at radius 2 is 2.00 bits per heavy atom. The Morgan fingerprint density at radius 1 is 1.25 bits per heavy atom. The van der Waals surface area contributed by atoms with E-state index in [-0.39, 0.29) is 11.7 Å². The number of Topliss-reactive ketones (excluding diaryl/α,β-unsaturated/α-hetero) is 1. The number of aromatic nitrogens is 1. The molecular weight excluding hydrogens is 297 g/mol. The minimum Gasteiger partial charge on any atom is -0.497 e. The zero-order chi connectivity index (χ0) is 14.7. The molecule has 0 spiro atoms. The molecule has 0 aliphatic heterocycles. The average Bonchev–Trinajstić information content (AvgIpc) is 2.45. The first-order valence-corrected chi connectivity index (χ1v) is 6.77. The zero-order valence-corrected chi connectivity index (χ0v) is 12.6. The Bertz CT molecular complexity index is 644. The van der Waals surface area contributed by atoms with Crippen molar-refractivity contribution in [3.63, 3.8) is 0 Å². The smallest absolute Gasteiger partial charge is 0.170 e. The fourth-order valence-electron chi connectivity index (χ4n) is 1.93. The second-order valence-electron chi connectivity index (χ2n) is 4.34. The van der Waals surface area contributed by atoms with E-state index in [0.717, 1.165) is 5.56 Å². The van der Waals surface area contributed by atoms with Crippen LogP contribution in [0.1, 0.15) is 28.8 Å². The van der Waals surface area contributed by atoms with Gasteiger partial charge in [-0.2, -0.15) is 0 Å². The van der Waals surface area contributed by atoms with Gasteiger partial charge < -0.3 is 4.74 Å². The molecule has 0 fully saturated rings. The molecule has 104 valence electrons. The summed E-state index contributed by atoms with van der Waals surface area (Å²) in [6.07, 6.45) is 1.51. The number of carbonyl (C=O) groups is 1. The van der Waals surface area contributed by atoms with Crippen LogP contribution in [0.25, 0.3) is 0 Å². The van der Waals surface area contributed by atoms with Crippen LogP contribution in [0.5, 0.6) is 5.75 Å². The van der Waals surface area contributed by atoms with Crippen molar-refractivity contribution in [1.29, 1.82) is 0 Å². The monoisotopic (exact) mass is 309 g/mol. The van der Waals surface area contributed by atoms with Gasteiger partial charge in [0.25, 0.3) is 0 Å². The Balaban J connectivity index is 2.31. The number of halogens is 2. The lowest BCUT2D eigenvalue weighted by Gasteiger charge is -2.13. The molecule has 1 unspecified atom stereocenters. The summed E-state index contributed by atoms with van der Waals surface area (Å²) in [7, 11) is 1.57. The highest BCUT2D eigenvalue weighted by atomic mass is 35.5. The minimum atomic E-state index is -0.369. The van der Waals surface area contributed by atoms with Gasteiger partial charge in [-0.3, -0.25) is 4.79 Å². The maximum atomic E-state index is 12.4. The normalized spacial score (nSPS) is 12.0. The maximum absolute atomic E-state index is 12.4. The van der Waals surface area contributed by atoms with Crippen molar-refractivity contribution in [2.45, 2.75) is 12.8 Å². The third kappa shape index (κ3) is 3.11. The second kappa shape index (κ2) is 6.25. The van der Waals surface area contributed by atoms with Gasteiger partial charge in [0, 0.05) is 22.7 Å². The largest absolute Gasteiger partial charge is 0.497 e. The molecule has 0 aliphatic carbocycles. The van der Waals surface area contributed by atoms with Crippen LogP contribution in [0.4, 0.5) is 0 Å². The molecule has 0 saturated carbocycles. The molecule has 0 N–H and O–H groups in total. The van der Waals surface area contributed by atoms with Gasteiger partial charge in [-0.1, -0.05) is 36.2 Å². The Hall–Kier alpha value is -1.58. The van der Waals surface area contributed by atoms with Gasteiger partial charge >= 0.3 is 0 Å². The number of rotatable bonds is 4. The molecule has 5 heteroatoms. The Labute approximate surface area is 127 Å². The Morgan fingerprint density at radius 3 is 2.60 bits per heavy atom. The summed E-state index contributed by atoms with van der Waals surface area (Å²) in [5.74, 6) is 0.235. The molecule has 0 radical (unpaired) electrons. The lowest BCUT2D eigenvalue weighted by molar-refractivity contribution is 0.0966. The minimum absolute atomic E-state index is 0.0543. The van der Waals surface area contributed by atoms with Crippen molar-refractivity contribution in [1.82, 2.24) is 4.98 Å². The second-order valence-corrected chi connectivity index (χ2v) is 5.14. The third-order valence-electron chi connectivity index (χ3n) is 3.08. The summed E-state index contributed by atoms with van der Waals surface area (Å²) in [4.78, 5) is 16.3. The topological polar surface area (TPSA) is 39.2 Å². The van der Waals surface area contributed by atoms with E-state index in [2.05, 4.69) is 4.98 Å². The van der Waals surface area contributed by atoms with E-state index >= 15 is 0 Å². The summed E-state index contributed by atoms with van der Waals surface area (Å²) in [6, 6.07) is 8.47. The van der Waals surface area contributed by atoms with Crippen LogP contribution in [-0.4, -0.2) is 17.9 Å². The number of pyridine rings is 1. The lowest BCUT2D eigenvalue weighted by atomic mass is 9.92. The van der Waals surface area contributed by atoms with Crippen LogP contribution in [0.15, 0.2) is 36.5 Å². The molecule has 1 aromatic carbocycles. The molecule has 1 aromatic heterocycles. The van der Waals surface area contributed by atoms with Crippen LogP contribution in [0, 0.1) is 0 Å². The van der Waals surface area contributed by atoms with E-state index in [1.165, 1.54) is 6.20 Å². The summed E-state index contributed by atoms with van der Waals surface area (Å²) in [6.45, 7) is 1.81. The summed E-state index contributed by atoms with van der Waals surface area (Å²) >= 11 is 12.0. The van der Waals surface area contributed by atoms with Crippen LogP contribution >= 0.6 is 23.2 Å². The van der Waals surface area contributed by atoms with E-state index in [1.54, 1.807) is 37.4 Å². The molecule has 2 rings (SSSR count). The van der Waals surface area contributed by atoms with Gasteiger partial charge in [0.05, 0.1) is 7.11 Å². The van der Waals surface area contributed by atoms with Crippen molar-refractivity contribution in [3.8, 4) is 5.75 Å². The lowest BCUT2D eigenvalue weighted by Crippen LogP contribution is -2.10. The summed E-state index contributed by atoms with van der Waals surface area (Å²) in [5, 5.41) is 0.800. The molecule has 0 saturated heterocycles. The fraction of sp³-hybridized carbons (Fsp3) is 0.200. The third-order valence-corrected chi connectivity index (χ3v) is 3.61. The van der Waals surface area contributed by atoms with E-state index in [0.29, 0.717) is 21.5 Å². The first-order chi connectivity index (χ1) is 9.52. The number of methoxy groups -OCH3 is 1. The molecule has 0 amide bonds. The highest BCUT2D eigenvalue weighted by Crippen LogP contribution is 2.30. The Kier molecular flexibility index (Phi) is 4.63. The molecule has 1 heterocycles. The van der Waals surface area contributed by atoms with E-state index < -0.39 is 0 Å². The number of ether oxygens (including phenoxy) is 1. The highest BCUT2D eigenvalue weighted by Gasteiger charge is 2.20. The average molecular weight is 310 g/mol. The summed E-state index contributed by atoms with van der Waals surface area (Å²) in [5.41, 5.74) is 1.27. The number of hydrogen-bond donors (Lipinski definition) is 0. The van der Waals surface area contributed by atoms with Gasteiger partial charge in [0.2, 0.25) is 0 Å². The molecule has 1 atom stereocenters. The molecule has 3 nitrogen and oxygen atoms in total. The van der Waals surface area contributed by atoms with Gasteiger partial charge in [-0.15, -0.1) is 0 Å². The highest BCUT2D eigenvalue weighted by molar-refractivity contribution is 6.32. The zero-order valence-electron chi connectivity index (χ0n) is 11.1. The molecule has 0 aliphatic rings. The molecule has 20 heavy (non-hydrogen) atoms. The first kappa shape index (κ1) is 14.8. The van der Waals surface area contributed by atoms with Crippen LogP contribution in [-0.2, 0) is 0 Å². The summed E-state index contributed by atoms with van der Waals surface area (Å²) < 4.78 is 5.10. The predicted molar refractivity (Wildman–Crippen MR) is 80.0 cm³/mol. The molecule has 2 aromatic rings. The van der Waals surface area contributed by atoms with E-state index in [4.69, 9.17) is 27.9 Å². The van der Waals surface area contributed by atoms with E-state index in [1.807, 2.05) is 6.92 Å². The number of benzene rings is 1. The van der Waals surface area contributed by atoms with Gasteiger partial charge in [0.15, 0.2) is 5.78 Å². The van der Waals surface area contributed by atoms with Crippen molar-refractivity contribution >= 4 is 29.0 Å². The number of hydrogen-bond acceptors (Lipinski definition) is 3. The first-order valence-electron chi connectivity index (χ1n) is 6.02. The van der Waals surface area contributed by atoms with Gasteiger partial charge in [-0.05, 0) is 29.8 Å².